The summed E-state index contributed by atoms with van der Waals surface area (Å²) in [5.41, 5.74) is 8.08. The topological polar surface area (TPSA) is 47.6 Å². The smallest absolute Gasteiger partial charge is 0.138 e. The van der Waals surface area contributed by atoms with Gasteiger partial charge in [0.15, 0.2) is 0 Å². The molecule has 2 aliphatic rings. The van der Waals surface area contributed by atoms with Crippen LogP contribution in [0, 0.1) is 40.1 Å². The largest absolute Gasteiger partial charge is 0.207 e. The summed E-state index contributed by atoms with van der Waals surface area (Å²) in [4.78, 5) is 0. The summed E-state index contributed by atoms with van der Waals surface area (Å²) < 4.78 is 42.4. The first-order valence-corrected chi connectivity index (χ1v) is 15.0. The normalized spacial score (nSPS) is 11.3. The van der Waals surface area contributed by atoms with Crippen LogP contribution < -0.4 is 5.22 Å². The Bertz CT molecular complexity index is 2430. The monoisotopic (exact) mass is 610 g/mol. The number of benzene rings is 6. The number of hydrogen-bond donors (Lipinski definition) is 0. The minimum Gasteiger partial charge on any atom is -0.207 e. The highest BCUT2D eigenvalue weighted by atomic mass is 19.1. The highest BCUT2D eigenvalue weighted by molar-refractivity contribution is 6.29. The molecule has 8 rings (SSSR count). The van der Waals surface area contributed by atoms with Crippen molar-refractivity contribution in [1.82, 2.24) is 0 Å². The van der Waals surface area contributed by atoms with Crippen molar-refractivity contribution < 1.29 is 13.2 Å². The first-order chi connectivity index (χ1) is 23.0. The van der Waals surface area contributed by atoms with Gasteiger partial charge in [0, 0.05) is 27.1 Å². The second-order valence-electron chi connectivity index (χ2n) is 11.5. The lowest BCUT2D eigenvalue weighted by atomic mass is 9.95. The van der Waals surface area contributed by atoms with Gasteiger partial charge >= 0.3 is 0 Å². The molecule has 2 nitrogen and oxygen atoms in total. The lowest BCUT2D eigenvalue weighted by molar-refractivity contribution is 0.627. The fraction of sp³-hybridized carbons (Fsp3) is 0. The molecule has 0 aliphatic heterocycles. The van der Waals surface area contributed by atoms with E-state index in [4.69, 9.17) is 0 Å². The van der Waals surface area contributed by atoms with Gasteiger partial charge in [-0.25, -0.2) is 13.2 Å². The molecular formula is C42H21F3N2. The van der Waals surface area contributed by atoms with Gasteiger partial charge < -0.3 is 0 Å². The SMILES string of the molecule is N#CC(C#N)=c1c(-c2ccc(-c3ccc(F)cc3)cc2)c2c3cccc4c(F)ccc(c-2c1-c1ccc(-c2ccc(F)cc2)cc1)c43. The number of nitriles is 2. The van der Waals surface area contributed by atoms with Gasteiger partial charge in [0.1, 0.15) is 35.2 Å². The van der Waals surface area contributed by atoms with Crippen molar-refractivity contribution in [3.8, 4) is 67.8 Å². The van der Waals surface area contributed by atoms with Crippen LogP contribution in [0.3, 0.4) is 0 Å². The lowest BCUT2D eigenvalue weighted by Crippen LogP contribution is -2.08. The molecule has 0 fully saturated rings. The summed E-state index contributed by atoms with van der Waals surface area (Å²) in [6.45, 7) is 0. The highest BCUT2D eigenvalue weighted by Crippen LogP contribution is 2.52. The molecule has 47 heavy (non-hydrogen) atoms. The van der Waals surface area contributed by atoms with Gasteiger partial charge in [-0.2, -0.15) is 10.5 Å². The molecule has 6 aromatic carbocycles. The van der Waals surface area contributed by atoms with Gasteiger partial charge in [-0.1, -0.05) is 97.1 Å². The summed E-state index contributed by atoms with van der Waals surface area (Å²) >= 11 is 0. The Balaban J connectivity index is 1.46. The van der Waals surface area contributed by atoms with E-state index in [1.54, 1.807) is 36.4 Å². The standard InChI is InChI=1S/C42H21F3N2/c43-31-16-12-26(13-17-31)24-4-8-28(9-5-24)37-39(30(22-46)23-47)38(29-10-6-25(7-11-29)27-14-18-32(44)19-15-27)42-35-20-21-36(45)33-2-1-3-34(40(33)35)41(37)42/h1-21H. The average molecular weight is 611 g/mol. The van der Waals surface area contributed by atoms with Crippen LogP contribution in [0.4, 0.5) is 13.2 Å². The molecule has 0 heterocycles. The van der Waals surface area contributed by atoms with Gasteiger partial charge in [-0.3, -0.25) is 0 Å². The van der Waals surface area contributed by atoms with E-state index >= 15 is 4.39 Å². The number of fused-ring (bicyclic) bond motifs is 3. The molecule has 220 valence electrons. The molecule has 0 radical (unpaired) electrons. The fourth-order valence-corrected chi connectivity index (χ4v) is 6.86. The van der Waals surface area contributed by atoms with Crippen molar-refractivity contribution in [3.05, 3.63) is 150 Å². The summed E-state index contributed by atoms with van der Waals surface area (Å²) in [5, 5.41) is 24.1. The number of nitrogens with zero attached hydrogens (tertiary/aromatic N) is 2. The minimum atomic E-state index is -0.326. The van der Waals surface area contributed by atoms with Crippen LogP contribution in [0.5, 0.6) is 0 Å². The van der Waals surface area contributed by atoms with Crippen LogP contribution in [0.25, 0.3) is 82.8 Å². The van der Waals surface area contributed by atoms with Crippen molar-refractivity contribution in [1.29, 1.82) is 10.5 Å². The van der Waals surface area contributed by atoms with E-state index in [-0.39, 0.29) is 23.0 Å². The molecule has 0 aromatic heterocycles. The Kier molecular flexibility index (Phi) is 6.50. The molecule has 0 bridgehead atoms. The summed E-state index contributed by atoms with van der Waals surface area (Å²) in [5.74, 6) is -0.962. The van der Waals surface area contributed by atoms with Crippen molar-refractivity contribution in [2.45, 2.75) is 0 Å². The number of halogens is 3. The molecule has 0 unspecified atom stereocenters. The van der Waals surface area contributed by atoms with Gasteiger partial charge in [0.25, 0.3) is 0 Å². The predicted molar refractivity (Wildman–Crippen MR) is 181 cm³/mol. The molecular weight excluding hydrogens is 589 g/mol. The summed E-state index contributed by atoms with van der Waals surface area (Å²) in [6.07, 6.45) is 0. The Morgan fingerprint density at radius 2 is 0.787 bits per heavy atom. The number of hydrogen-bond acceptors (Lipinski definition) is 2. The quantitative estimate of drug-likeness (QED) is 0.199. The Hall–Kier alpha value is -6.43. The van der Waals surface area contributed by atoms with Crippen LogP contribution in [-0.4, -0.2) is 0 Å². The zero-order chi connectivity index (χ0) is 32.2. The minimum absolute atomic E-state index is 0.0366. The molecule has 0 saturated heterocycles. The molecule has 0 amide bonds. The predicted octanol–water partition coefficient (Wildman–Crippen LogP) is 10.5. The molecule has 6 aromatic rings. The molecule has 5 heteroatoms. The van der Waals surface area contributed by atoms with Crippen LogP contribution in [0.2, 0.25) is 0 Å². The van der Waals surface area contributed by atoms with E-state index in [2.05, 4.69) is 12.1 Å². The van der Waals surface area contributed by atoms with E-state index in [0.29, 0.717) is 21.7 Å². The zero-order valence-electron chi connectivity index (χ0n) is 24.7. The van der Waals surface area contributed by atoms with Crippen molar-refractivity contribution in [3.63, 3.8) is 0 Å². The van der Waals surface area contributed by atoms with Crippen LogP contribution >= 0.6 is 0 Å². The van der Waals surface area contributed by atoms with Crippen LogP contribution in [-0.2, 0) is 0 Å². The second kappa shape index (κ2) is 10.9. The molecule has 0 atom stereocenters. The van der Waals surface area contributed by atoms with Crippen LogP contribution in [0.1, 0.15) is 0 Å². The van der Waals surface area contributed by atoms with Crippen molar-refractivity contribution in [2.24, 2.45) is 0 Å². The maximum absolute atomic E-state index is 15.2. The maximum Gasteiger partial charge on any atom is 0.138 e. The third kappa shape index (κ3) is 4.41. The van der Waals surface area contributed by atoms with Crippen molar-refractivity contribution in [2.75, 3.05) is 0 Å². The van der Waals surface area contributed by atoms with Gasteiger partial charge in [0.05, 0.1) is 0 Å². The van der Waals surface area contributed by atoms with Gasteiger partial charge in [0.2, 0.25) is 0 Å². The Morgan fingerprint density at radius 3 is 1.23 bits per heavy atom. The van der Waals surface area contributed by atoms with E-state index in [0.717, 1.165) is 60.7 Å². The third-order valence-corrected chi connectivity index (χ3v) is 8.95. The molecule has 0 spiro atoms. The summed E-state index contributed by atoms with van der Waals surface area (Å²) in [6, 6.07) is 41.1. The third-order valence-electron chi connectivity index (χ3n) is 8.95. The van der Waals surface area contributed by atoms with E-state index < -0.39 is 0 Å². The average Bonchev–Trinajstić information content (AvgIpc) is 3.61. The fourth-order valence-electron chi connectivity index (χ4n) is 6.86. The highest BCUT2D eigenvalue weighted by Gasteiger charge is 2.30. The molecule has 2 aliphatic carbocycles. The zero-order valence-corrected chi connectivity index (χ0v) is 24.7. The Morgan fingerprint density at radius 1 is 0.404 bits per heavy atom. The van der Waals surface area contributed by atoms with E-state index in [1.807, 2.05) is 60.7 Å². The Labute approximate surface area is 268 Å². The molecule has 0 saturated carbocycles. The van der Waals surface area contributed by atoms with Crippen molar-refractivity contribution >= 4 is 27.1 Å². The second-order valence-corrected chi connectivity index (χ2v) is 11.5. The van der Waals surface area contributed by atoms with E-state index in [9.17, 15) is 19.3 Å². The maximum atomic E-state index is 15.2. The first kappa shape index (κ1) is 28.1. The van der Waals surface area contributed by atoms with Crippen LogP contribution in [0.15, 0.2) is 127 Å². The molecule has 0 N–H and O–H groups in total. The lowest BCUT2D eigenvalue weighted by Gasteiger charge is -2.08. The van der Waals surface area contributed by atoms with E-state index in [1.165, 1.54) is 30.3 Å². The first-order valence-electron chi connectivity index (χ1n) is 15.0. The van der Waals surface area contributed by atoms with Gasteiger partial charge in [-0.05, 0) is 85.6 Å². The summed E-state index contributed by atoms with van der Waals surface area (Å²) in [7, 11) is 0. The number of rotatable bonds is 4. The van der Waals surface area contributed by atoms with Gasteiger partial charge in [-0.15, -0.1) is 0 Å².